The molecule has 4 aromatic rings. The second-order valence-corrected chi connectivity index (χ2v) is 10.8. The molecule has 234 valence electrons. The zero-order valence-electron chi connectivity index (χ0n) is 23.8. The van der Waals surface area contributed by atoms with Crippen molar-refractivity contribution in [1.29, 1.82) is 0 Å². The number of rotatable bonds is 9. The zero-order chi connectivity index (χ0) is 32.0. The number of nitrogens with one attached hydrogen (secondary N) is 1. The Labute approximate surface area is 247 Å². The summed E-state index contributed by atoms with van der Waals surface area (Å²) >= 11 is 0. The molecule has 0 radical (unpaired) electrons. The van der Waals surface area contributed by atoms with Gasteiger partial charge in [0.05, 0.1) is 11.1 Å². The van der Waals surface area contributed by atoms with E-state index in [9.17, 15) is 36.2 Å². The first-order chi connectivity index (χ1) is 20.6. The Kier molecular flexibility index (Phi) is 8.07. The van der Waals surface area contributed by atoms with Gasteiger partial charge in [0.25, 0.3) is 0 Å². The van der Waals surface area contributed by atoms with Gasteiger partial charge in [-0.3, -0.25) is 0 Å². The molecular formula is C29H28F6N6O3. The van der Waals surface area contributed by atoms with Gasteiger partial charge in [0, 0.05) is 32.4 Å². The lowest BCUT2D eigenvalue weighted by atomic mass is 9.80. The van der Waals surface area contributed by atoms with Crippen LogP contribution in [0.4, 0.5) is 37.8 Å². The summed E-state index contributed by atoms with van der Waals surface area (Å²) < 4.78 is 86.0. The molecule has 5 rings (SSSR count). The zero-order valence-corrected chi connectivity index (χ0v) is 23.8. The van der Waals surface area contributed by atoms with E-state index in [1.165, 1.54) is 28.8 Å². The number of imidazole rings is 1. The van der Waals surface area contributed by atoms with Crippen molar-refractivity contribution in [2.24, 2.45) is 5.92 Å². The Morgan fingerprint density at radius 3 is 2.30 bits per heavy atom. The Morgan fingerprint density at radius 1 is 1.07 bits per heavy atom. The van der Waals surface area contributed by atoms with E-state index in [2.05, 4.69) is 25.0 Å². The summed E-state index contributed by atoms with van der Waals surface area (Å²) in [4.78, 5) is 26.4. The smallest absolute Gasteiger partial charge is 0.475 e. The van der Waals surface area contributed by atoms with Gasteiger partial charge in [-0.15, -0.1) is 13.2 Å². The molecule has 2 N–H and O–H groups in total. The number of carbonyl (C=O) groups is 1. The van der Waals surface area contributed by atoms with E-state index in [0.29, 0.717) is 11.3 Å². The summed E-state index contributed by atoms with van der Waals surface area (Å²) in [7, 11) is 3.37. The number of alkyl halides is 6. The van der Waals surface area contributed by atoms with Crippen molar-refractivity contribution in [2.75, 3.05) is 24.3 Å². The van der Waals surface area contributed by atoms with Crippen LogP contribution in [-0.4, -0.2) is 57.1 Å². The Balaban J connectivity index is 1.76. The fraction of sp³-hybridized carbons (Fsp3) is 0.379. The highest BCUT2D eigenvalue weighted by molar-refractivity contribution is 5.92. The number of aromatic carboxylic acids is 1. The molecule has 9 nitrogen and oxygen atoms in total. The van der Waals surface area contributed by atoms with E-state index < -0.39 is 35.6 Å². The van der Waals surface area contributed by atoms with Crippen LogP contribution in [0.5, 0.6) is 5.75 Å². The molecule has 0 amide bonds. The van der Waals surface area contributed by atoms with Gasteiger partial charge >= 0.3 is 18.5 Å². The molecule has 0 spiro atoms. The third-order valence-electron chi connectivity index (χ3n) is 7.58. The van der Waals surface area contributed by atoms with Crippen molar-refractivity contribution in [3.05, 3.63) is 59.4 Å². The van der Waals surface area contributed by atoms with Crippen molar-refractivity contribution in [1.82, 2.24) is 19.5 Å². The highest BCUT2D eigenvalue weighted by Gasteiger charge is 2.34. The van der Waals surface area contributed by atoms with Crippen LogP contribution in [0.25, 0.3) is 22.6 Å². The molecular weight excluding hydrogens is 594 g/mol. The molecule has 1 fully saturated rings. The molecule has 15 heteroatoms. The van der Waals surface area contributed by atoms with Crippen molar-refractivity contribution < 1.29 is 41.0 Å². The minimum absolute atomic E-state index is 0.0829. The van der Waals surface area contributed by atoms with Crippen LogP contribution in [0, 0.1) is 5.92 Å². The predicted molar refractivity (Wildman–Crippen MR) is 150 cm³/mol. The molecule has 0 aliphatic heterocycles. The first kappa shape index (κ1) is 30.9. The maximum atomic E-state index is 13.5. The Hall–Kier alpha value is -4.56. The third kappa shape index (κ3) is 6.50. The fourth-order valence-electron chi connectivity index (χ4n) is 5.03. The van der Waals surface area contributed by atoms with Gasteiger partial charge in [-0.2, -0.15) is 13.2 Å². The standard InChI is InChI=1S/C29H28F6N6O3/c1-15(17-5-4-6-17)36-23-22-24(38-25(37-23)27(42)43)39-26(41(22)14-16-7-9-18(10-8-16)28(30,31)32)20-13-19(40(2)3)11-12-21(20)44-29(33,34)35/h7-13,15,17H,4-6,14H2,1-3H3,(H,42,43)(H,36,37,38). The van der Waals surface area contributed by atoms with Gasteiger partial charge in [-0.1, -0.05) is 18.6 Å². The number of hydrogen-bond donors (Lipinski definition) is 2. The lowest BCUT2D eigenvalue weighted by Crippen LogP contribution is -2.31. The molecule has 2 aromatic heterocycles. The van der Waals surface area contributed by atoms with Gasteiger partial charge in [-0.25, -0.2) is 19.7 Å². The van der Waals surface area contributed by atoms with E-state index in [1.807, 2.05) is 6.92 Å². The van der Waals surface area contributed by atoms with E-state index in [4.69, 9.17) is 0 Å². The number of nitrogens with zero attached hydrogens (tertiary/aromatic N) is 5. The summed E-state index contributed by atoms with van der Waals surface area (Å²) in [6.07, 6.45) is -6.70. The summed E-state index contributed by atoms with van der Waals surface area (Å²) in [5.41, 5.74) is -0.0751. The van der Waals surface area contributed by atoms with Gasteiger partial charge < -0.3 is 24.6 Å². The number of carboxylic acids is 1. The first-order valence-corrected chi connectivity index (χ1v) is 13.6. The van der Waals surface area contributed by atoms with Crippen LogP contribution in [0.2, 0.25) is 0 Å². The quantitative estimate of drug-likeness (QED) is 0.196. The Morgan fingerprint density at radius 2 is 1.75 bits per heavy atom. The van der Waals surface area contributed by atoms with Crippen LogP contribution >= 0.6 is 0 Å². The number of carboxylic acid groups (broad SMARTS) is 1. The third-order valence-corrected chi connectivity index (χ3v) is 7.58. The Bertz CT molecular complexity index is 1680. The lowest BCUT2D eigenvalue weighted by molar-refractivity contribution is -0.274. The molecule has 2 aromatic carbocycles. The average molecular weight is 623 g/mol. The fourth-order valence-corrected chi connectivity index (χ4v) is 5.03. The van der Waals surface area contributed by atoms with E-state index >= 15 is 0 Å². The van der Waals surface area contributed by atoms with Crippen molar-refractivity contribution >= 4 is 28.6 Å². The molecule has 0 bridgehead atoms. The van der Waals surface area contributed by atoms with Crippen LogP contribution in [0.3, 0.4) is 0 Å². The van der Waals surface area contributed by atoms with Crippen molar-refractivity contribution in [2.45, 2.75) is 51.3 Å². The molecule has 44 heavy (non-hydrogen) atoms. The average Bonchev–Trinajstić information content (AvgIpc) is 3.24. The van der Waals surface area contributed by atoms with Gasteiger partial charge in [-0.05, 0) is 61.6 Å². The van der Waals surface area contributed by atoms with E-state index in [-0.39, 0.29) is 46.9 Å². The number of ether oxygens (including phenoxy) is 1. The second-order valence-electron chi connectivity index (χ2n) is 10.8. The number of fused-ring (bicyclic) bond motifs is 1. The van der Waals surface area contributed by atoms with Crippen LogP contribution in [0.15, 0.2) is 42.5 Å². The SMILES string of the molecule is CC(Nc1nc(C(=O)O)nc2nc(-c3cc(N(C)C)ccc3OC(F)(F)F)n(Cc3ccc(C(F)(F)F)cc3)c12)C1CCC1. The summed E-state index contributed by atoms with van der Waals surface area (Å²) in [5.74, 6) is -2.34. The second kappa shape index (κ2) is 11.5. The molecule has 1 saturated carbocycles. The molecule has 1 unspecified atom stereocenters. The minimum Gasteiger partial charge on any atom is -0.475 e. The number of benzene rings is 2. The monoisotopic (exact) mass is 622 g/mol. The molecule has 1 atom stereocenters. The van der Waals surface area contributed by atoms with Crippen molar-refractivity contribution in [3.63, 3.8) is 0 Å². The van der Waals surface area contributed by atoms with Crippen LogP contribution in [-0.2, 0) is 12.7 Å². The highest BCUT2D eigenvalue weighted by Crippen LogP contribution is 2.40. The number of hydrogen-bond acceptors (Lipinski definition) is 7. The van der Waals surface area contributed by atoms with E-state index in [1.54, 1.807) is 19.0 Å². The van der Waals surface area contributed by atoms with Crippen LogP contribution < -0.4 is 15.0 Å². The molecule has 0 saturated heterocycles. The normalized spacial score (nSPS) is 14.8. The van der Waals surface area contributed by atoms with E-state index in [0.717, 1.165) is 37.5 Å². The van der Waals surface area contributed by atoms with Gasteiger partial charge in [0.15, 0.2) is 11.5 Å². The minimum atomic E-state index is -5.06. The number of anilines is 2. The first-order valence-electron chi connectivity index (χ1n) is 13.6. The molecule has 1 aliphatic carbocycles. The summed E-state index contributed by atoms with van der Waals surface area (Å²) in [6.45, 7) is 1.75. The number of aromatic nitrogens is 4. The highest BCUT2D eigenvalue weighted by atomic mass is 19.4. The van der Waals surface area contributed by atoms with Gasteiger partial charge in [0.1, 0.15) is 17.1 Å². The van der Waals surface area contributed by atoms with Gasteiger partial charge in [0.2, 0.25) is 5.82 Å². The predicted octanol–water partition coefficient (Wildman–Crippen LogP) is 6.82. The maximum Gasteiger partial charge on any atom is 0.573 e. The summed E-state index contributed by atoms with van der Waals surface area (Å²) in [5, 5.41) is 13.0. The maximum absolute atomic E-state index is 13.5. The van der Waals surface area contributed by atoms with Crippen molar-refractivity contribution in [3.8, 4) is 17.1 Å². The number of halogens is 6. The summed E-state index contributed by atoms with van der Waals surface area (Å²) in [6, 6.07) is 8.11. The molecule has 1 aliphatic rings. The largest absolute Gasteiger partial charge is 0.573 e. The molecule has 2 heterocycles. The lowest BCUT2D eigenvalue weighted by Gasteiger charge is -2.32. The van der Waals surface area contributed by atoms with Crippen LogP contribution in [0.1, 0.15) is 47.9 Å². The topological polar surface area (TPSA) is 105 Å².